The third kappa shape index (κ3) is 6.70. The van der Waals surface area contributed by atoms with E-state index in [4.69, 9.17) is 0 Å². The minimum Gasteiger partial charge on any atom is -0.344 e. The van der Waals surface area contributed by atoms with Crippen LogP contribution in [0.4, 0.5) is 22.7 Å². The van der Waals surface area contributed by atoms with Crippen LogP contribution in [0.1, 0.15) is 6.42 Å². The van der Waals surface area contributed by atoms with E-state index in [0.29, 0.717) is 0 Å². The van der Waals surface area contributed by atoms with Crippen LogP contribution in [0.2, 0.25) is 0 Å². The van der Waals surface area contributed by atoms with Gasteiger partial charge in [0.15, 0.2) is 0 Å². The van der Waals surface area contributed by atoms with Gasteiger partial charge >= 0.3 is 0 Å². The van der Waals surface area contributed by atoms with Crippen LogP contribution in [0.3, 0.4) is 0 Å². The molecule has 0 heterocycles. The zero-order valence-electron chi connectivity index (χ0n) is 27.2. The Morgan fingerprint density at radius 2 is 0.979 bits per heavy atom. The van der Waals surface area contributed by atoms with Crippen molar-refractivity contribution >= 4 is 35.0 Å². The number of rotatable bonds is 8. The lowest BCUT2D eigenvalue weighted by atomic mass is 10.0. The average Bonchev–Trinajstić information content (AvgIpc) is 3.16. The van der Waals surface area contributed by atoms with Gasteiger partial charge in [0.05, 0.1) is 0 Å². The zero-order chi connectivity index (χ0) is 32.7. The summed E-state index contributed by atoms with van der Waals surface area (Å²) in [5.41, 5.74) is 11.6. The summed E-state index contributed by atoms with van der Waals surface area (Å²) in [6, 6.07) is 55.9. The second kappa shape index (κ2) is 14.1. The van der Waals surface area contributed by atoms with Crippen molar-refractivity contribution in [3.63, 3.8) is 0 Å². The van der Waals surface area contributed by atoms with Crippen LogP contribution >= 0.6 is 0 Å². The molecule has 0 fully saturated rings. The van der Waals surface area contributed by atoms with Crippen LogP contribution in [0, 0.1) is 0 Å². The first-order valence-electron chi connectivity index (χ1n) is 16.4. The number of likely N-dealkylation sites (N-methyl/N-ethyl adjacent to an activating group) is 1. The van der Waals surface area contributed by atoms with E-state index in [9.17, 15) is 0 Å². The van der Waals surface area contributed by atoms with E-state index < -0.39 is 0 Å². The Bertz CT molecular complexity index is 2110. The third-order valence-corrected chi connectivity index (χ3v) is 8.85. The SMILES string of the molecule is C=c1cccc/c1=C(/C=C1/C=CC=CC1)N(C)c1ccc(N(c2ccc(-c3ccccc3)cc2)c2ccc(-c3ccccc3)cc2)cc1. The average molecular weight is 619 g/mol. The first-order chi connectivity index (χ1) is 23.6. The van der Waals surface area contributed by atoms with E-state index in [2.05, 4.69) is 205 Å². The van der Waals surface area contributed by atoms with Crippen LogP contribution in [-0.4, -0.2) is 7.05 Å². The normalized spacial score (nSPS) is 13.7. The molecule has 0 aliphatic heterocycles. The Morgan fingerprint density at radius 1 is 0.521 bits per heavy atom. The van der Waals surface area contributed by atoms with E-state index in [1.165, 1.54) is 27.8 Å². The first-order valence-corrected chi connectivity index (χ1v) is 16.4. The van der Waals surface area contributed by atoms with Crippen LogP contribution < -0.4 is 20.2 Å². The molecule has 0 saturated heterocycles. The molecule has 0 N–H and O–H groups in total. The summed E-state index contributed by atoms with van der Waals surface area (Å²) in [4.78, 5) is 4.59. The number of anilines is 4. The second-order valence-electron chi connectivity index (χ2n) is 12.0. The molecule has 0 amide bonds. The van der Waals surface area contributed by atoms with Crippen molar-refractivity contribution in [3.05, 3.63) is 204 Å². The summed E-state index contributed by atoms with van der Waals surface area (Å²) in [6.07, 6.45) is 11.8. The van der Waals surface area contributed by atoms with Crippen LogP contribution in [0.5, 0.6) is 0 Å². The number of hydrogen-bond acceptors (Lipinski definition) is 2. The molecule has 0 aromatic heterocycles. The Hall–Kier alpha value is -6.12. The molecular weight excluding hydrogens is 581 g/mol. The van der Waals surface area contributed by atoms with Gasteiger partial charge in [-0.15, -0.1) is 0 Å². The van der Waals surface area contributed by atoms with Gasteiger partial charge in [-0.2, -0.15) is 0 Å². The Balaban J connectivity index is 1.27. The maximum absolute atomic E-state index is 4.35. The Labute approximate surface area is 283 Å². The topological polar surface area (TPSA) is 6.48 Å². The van der Waals surface area contributed by atoms with Gasteiger partial charge in [-0.1, -0.05) is 140 Å². The van der Waals surface area contributed by atoms with E-state index in [1.807, 2.05) is 6.07 Å². The number of hydrogen-bond donors (Lipinski definition) is 0. The van der Waals surface area contributed by atoms with Crippen molar-refractivity contribution in [1.29, 1.82) is 0 Å². The maximum atomic E-state index is 4.35. The van der Waals surface area contributed by atoms with Crippen molar-refractivity contribution in [2.75, 3.05) is 16.8 Å². The molecule has 0 spiro atoms. The number of benzene rings is 6. The fraction of sp³-hybridized carbons (Fsp3) is 0.0435. The number of allylic oxidation sites excluding steroid dienone is 5. The maximum Gasteiger partial charge on any atom is 0.0490 e. The molecule has 48 heavy (non-hydrogen) atoms. The van der Waals surface area contributed by atoms with E-state index in [0.717, 1.165) is 45.3 Å². The van der Waals surface area contributed by atoms with Crippen molar-refractivity contribution in [2.24, 2.45) is 0 Å². The molecule has 0 atom stereocenters. The highest BCUT2D eigenvalue weighted by Gasteiger charge is 2.15. The zero-order valence-corrected chi connectivity index (χ0v) is 27.2. The lowest BCUT2D eigenvalue weighted by molar-refractivity contribution is 1.19. The smallest absolute Gasteiger partial charge is 0.0490 e. The van der Waals surface area contributed by atoms with Gasteiger partial charge in [-0.25, -0.2) is 0 Å². The summed E-state index contributed by atoms with van der Waals surface area (Å²) in [7, 11) is 2.14. The van der Waals surface area contributed by atoms with Crippen molar-refractivity contribution in [3.8, 4) is 22.3 Å². The van der Waals surface area contributed by atoms with Crippen molar-refractivity contribution in [1.82, 2.24) is 0 Å². The van der Waals surface area contributed by atoms with Gasteiger partial charge in [0.1, 0.15) is 0 Å². The Morgan fingerprint density at radius 3 is 1.48 bits per heavy atom. The molecule has 1 aliphatic carbocycles. The quantitative estimate of drug-likeness (QED) is 0.167. The van der Waals surface area contributed by atoms with Gasteiger partial charge < -0.3 is 9.80 Å². The predicted molar refractivity (Wildman–Crippen MR) is 206 cm³/mol. The molecule has 1 aliphatic rings. The number of nitrogens with zero attached hydrogens (tertiary/aromatic N) is 2. The molecular formula is C46H38N2. The monoisotopic (exact) mass is 618 g/mol. The predicted octanol–water partition coefficient (Wildman–Crippen LogP) is 10.6. The summed E-state index contributed by atoms with van der Waals surface area (Å²) in [5.74, 6) is 0. The van der Waals surface area contributed by atoms with E-state index >= 15 is 0 Å². The first kappa shape index (κ1) is 30.5. The molecule has 0 radical (unpaired) electrons. The summed E-state index contributed by atoms with van der Waals surface area (Å²) in [5, 5.41) is 2.13. The highest BCUT2D eigenvalue weighted by molar-refractivity contribution is 5.82. The molecule has 0 bridgehead atoms. The van der Waals surface area contributed by atoms with Crippen LogP contribution in [-0.2, 0) is 0 Å². The van der Waals surface area contributed by atoms with Crippen LogP contribution in [0.25, 0.3) is 34.5 Å². The molecule has 6 aromatic carbocycles. The minimum atomic E-state index is 0.910. The van der Waals surface area contributed by atoms with Gasteiger partial charge in [0.2, 0.25) is 0 Å². The lowest BCUT2D eigenvalue weighted by Gasteiger charge is -2.27. The highest BCUT2D eigenvalue weighted by atomic mass is 15.1. The Kier molecular flexibility index (Phi) is 8.97. The van der Waals surface area contributed by atoms with Gasteiger partial charge in [0.25, 0.3) is 0 Å². The summed E-state index contributed by atoms with van der Waals surface area (Å²) >= 11 is 0. The van der Waals surface area contributed by atoms with Gasteiger partial charge in [0, 0.05) is 40.7 Å². The van der Waals surface area contributed by atoms with Gasteiger partial charge in [-0.3, -0.25) is 0 Å². The second-order valence-corrected chi connectivity index (χ2v) is 12.0. The molecule has 2 heteroatoms. The fourth-order valence-corrected chi connectivity index (χ4v) is 6.22. The molecule has 6 aromatic rings. The summed E-state index contributed by atoms with van der Waals surface area (Å²) < 4.78 is 0. The van der Waals surface area contributed by atoms with Crippen LogP contribution in [0.15, 0.2) is 194 Å². The van der Waals surface area contributed by atoms with Crippen molar-refractivity contribution in [2.45, 2.75) is 6.42 Å². The molecule has 0 unspecified atom stereocenters. The molecule has 2 nitrogen and oxygen atoms in total. The molecule has 7 rings (SSSR count). The van der Waals surface area contributed by atoms with E-state index in [1.54, 1.807) is 0 Å². The van der Waals surface area contributed by atoms with Crippen molar-refractivity contribution < 1.29 is 0 Å². The van der Waals surface area contributed by atoms with Gasteiger partial charge in [-0.05, 0) is 94.1 Å². The third-order valence-electron chi connectivity index (χ3n) is 8.85. The van der Waals surface area contributed by atoms with E-state index in [-0.39, 0.29) is 0 Å². The lowest BCUT2D eigenvalue weighted by Crippen LogP contribution is -2.31. The summed E-state index contributed by atoms with van der Waals surface area (Å²) in [6.45, 7) is 4.35. The molecule has 0 saturated carbocycles. The molecule has 232 valence electrons. The standard InChI is InChI=1S/C46H38N2/c1-35-14-12-13-21-45(35)46(34-36-15-6-3-7-16-36)47(2)41-30-32-44(33-31-41)48(42-26-22-39(23-27-42)37-17-8-4-9-18-37)43-28-24-40(25-29-43)38-19-10-5-11-20-38/h3-15,17-34H,1,16H2,2H3/b36-34-,46-45+. The largest absolute Gasteiger partial charge is 0.344 e. The fourth-order valence-electron chi connectivity index (χ4n) is 6.22. The highest BCUT2D eigenvalue weighted by Crippen LogP contribution is 2.37. The minimum absolute atomic E-state index is 0.910.